The van der Waals surface area contributed by atoms with E-state index in [1.807, 2.05) is 62.4 Å². The first-order valence-corrected chi connectivity index (χ1v) is 10.4. The number of benzene rings is 2. The lowest BCUT2D eigenvalue weighted by Crippen LogP contribution is -2.52. The van der Waals surface area contributed by atoms with E-state index < -0.39 is 5.41 Å². The second-order valence-corrected chi connectivity index (χ2v) is 8.18. The maximum absolute atomic E-state index is 12.9. The van der Waals surface area contributed by atoms with E-state index in [1.54, 1.807) is 4.90 Å². The highest BCUT2D eigenvalue weighted by molar-refractivity contribution is 5.90. The average Bonchev–Trinajstić information content (AvgIpc) is 2.73. The van der Waals surface area contributed by atoms with Gasteiger partial charge in [-0.15, -0.1) is 0 Å². The average molecular weight is 394 g/mol. The number of carbonyl (C=O) groups excluding carboxylic acids is 2. The number of hydrogen-bond donors (Lipinski definition) is 2. The number of rotatable bonds is 5. The third-order valence-electron chi connectivity index (χ3n) is 5.85. The van der Waals surface area contributed by atoms with E-state index in [4.69, 9.17) is 0 Å². The van der Waals surface area contributed by atoms with Gasteiger partial charge in [-0.05, 0) is 61.9 Å². The Kier molecular flexibility index (Phi) is 6.57. The molecule has 0 unspecified atom stereocenters. The van der Waals surface area contributed by atoms with Crippen molar-refractivity contribution in [1.82, 2.24) is 10.2 Å². The number of carbonyl (C=O) groups is 2. The van der Waals surface area contributed by atoms with E-state index in [0.717, 1.165) is 36.1 Å². The summed E-state index contributed by atoms with van der Waals surface area (Å²) in [5.74, 6) is 0.00514. The molecule has 2 aromatic carbocycles. The van der Waals surface area contributed by atoms with Gasteiger partial charge in [0, 0.05) is 25.3 Å². The second-order valence-electron chi connectivity index (χ2n) is 8.18. The molecule has 154 valence electrons. The monoisotopic (exact) mass is 393 g/mol. The molecule has 2 N–H and O–H groups in total. The Morgan fingerprint density at radius 1 is 1.10 bits per heavy atom. The number of nitrogens with zero attached hydrogens (tertiary/aromatic N) is 1. The van der Waals surface area contributed by atoms with Gasteiger partial charge in [0.2, 0.25) is 5.91 Å². The molecule has 1 fully saturated rings. The van der Waals surface area contributed by atoms with Crippen LogP contribution < -0.4 is 10.6 Å². The Balaban J connectivity index is 1.59. The Labute approximate surface area is 173 Å². The number of nitrogens with one attached hydrogen (secondary N) is 2. The Hall–Kier alpha value is -2.82. The lowest BCUT2D eigenvalue weighted by atomic mass is 9.81. The van der Waals surface area contributed by atoms with Crippen molar-refractivity contribution < 1.29 is 9.59 Å². The molecule has 2 aromatic rings. The Bertz CT molecular complexity index is 863. The van der Waals surface area contributed by atoms with E-state index in [0.29, 0.717) is 19.6 Å². The van der Waals surface area contributed by atoms with Gasteiger partial charge in [-0.3, -0.25) is 4.79 Å². The van der Waals surface area contributed by atoms with Gasteiger partial charge in [-0.1, -0.05) is 43.3 Å². The summed E-state index contributed by atoms with van der Waals surface area (Å²) in [6.45, 7) is 7.70. The topological polar surface area (TPSA) is 61.4 Å². The van der Waals surface area contributed by atoms with Gasteiger partial charge in [-0.2, -0.15) is 0 Å². The van der Waals surface area contributed by atoms with Crippen LogP contribution in [0.2, 0.25) is 0 Å². The van der Waals surface area contributed by atoms with E-state index in [1.165, 1.54) is 5.56 Å². The van der Waals surface area contributed by atoms with Crippen LogP contribution in [0, 0.1) is 12.3 Å². The standard InChI is InChI=1S/C24H31N3O2/c1-4-19-10-12-21(13-11-19)26-23(29)27-15-7-14-24(3,17-27)22(28)25-16-20-9-6-5-8-18(20)2/h5-6,8-13H,4,7,14-17H2,1-3H3,(H,25,28)(H,26,29)/t24-/m0/s1. The smallest absolute Gasteiger partial charge is 0.321 e. The van der Waals surface area contributed by atoms with Crippen LogP contribution in [0.25, 0.3) is 0 Å². The van der Waals surface area contributed by atoms with Gasteiger partial charge in [0.25, 0.3) is 0 Å². The van der Waals surface area contributed by atoms with Crippen LogP contribution >= 0.6 is 0 Å². The van der Waals surface area contributed by atoms with Crippen molar-refractivity contribution >= 4 is 17.6 Å². The van der Waals surface area contributed by atoms with E-state index in [2.05, 4.69) is 17.6 Å². The van der Waals surface area contributed by atoms with Crippen LogP contribution in [-0.2, 0) is 17.8 Å². The summed E-state index contributed by atoms with van der Waals surface area (Å²) >= 11 is 0. The number of anilines is 1. The van der Waals surface area contributed by atoms with Gasteiger partial charge < -0.3 is 15.5 Å². The second kappa shape index (κ2) is 9.12. The summed E-state index contributed by atoms with van der Waals surface area (Å²) in [6, 6.07) is 15.8. The zero-order valence-corrected chi connectivity index (χ0v) is 17.6. The summed E-state index contributed by atoms with van der Waals surface area (Å²) in [6.07, 6.45) is 2.56. The van der Waals surface area contributed by atoms with E-state index in [-0.39, 0.29) is 11.9 Å². The van der Waals surface area contributed by atoms with Crippen molar-refractivity contribution in [2.45, 2.75) is 46.6 Å². The molecule has 0 bridgehead atoms. The van der Waals surface area contributed by atoms with Crippen molar-refractivity contribution in [3.05, 3.63) is 65.2 Å². The number of amides is 3. The summed E-state index contributed by atoms with van der Waals surface area (Å²) in [5.41, 5.74) is 3.72. The van der Waals surface area contributed by atoms with E-state index in [9.17, 15) is 9.59 Å². The number of piperidine rings is 1. The first-order valence-electron chi connectivity index (χ1n) is 10.4. The molecule has 0 aromatic heterocycles. The molecule has 0 saturated carbocycles. The normalized spacial score (nSPS) is 18.9. The summed E-state index contributed by atoms with van der Waals surface area (Å²) < 4.78 is 0. The molecular formula is C24H31N3O2. The first kappa shape index (κ1) is 20.9. The van der Waals surface area contributed by atoms with Crippen LogP contribution in [0.5, 0.6) is 0 Å². The maximum atomic E-state index is 12.9. The zero-order chi connectivity index (χ0) is 20.9. The van der Waals surface area contributed by atoms with Gasteiger partial charge in [0.05, 0.1) is 5.41 Å². The quantitative estimate of drug-likeness (QED) is 0.785. The lowest BCUT2D eigenvalue weighted by molar-refractivity contribution is -0.132. The largest absolute Gasteiger partial charge is 0.351 e. The minimum Gasteiger partial charge on any atom is -0.351 e. The fourth-order valence-corrected chi connectivity index (χ4v) is 3.82. The highest BCUT2D eigenvalue weighted by Crippen LogP contribution is 2.30. The lowest BCUT2D eigenvalue weighted by Gasteiger charge is -2.39. The fraction of sp³-hybridized carbons (Fsp3) is 0.417. The molecule has 0 aliphatic carbocycles. The molecule has 5 nitrogen and oxygen atoms in total. The number of likely N-dealkylation sites (tertiary alicyclic amines) is 1. The molecule has 0 spiro atoms. The van der Waals surface area contributed by atoms with Crippen LogP contribution in [0.15, 0.2) is 48.5 Å². The molecule has 1 heterocycles. The molecule has 1 saturated heterocycles. The third kappa shape index (κ3) is 5.17. The first-order chi connectivity index (χ1) is 13.9. The summed E-state index contributed by atoms with van der Waals surface area (Å²) in [7, 11) is 0. The van der Waals surface area contributed by atoms with Gasteiger partial charge in [-0.25, -0.2) is 4.79 Å². The van der Waals surface area contributed by atoms with Gasteiger partial charge in [0.15, 0.2) is 0 Å². The van der Waals surface area contributed by atoms with Crippen LogP contribution in [0.3, 0.4) is 0 Å². The van der Waals surface area contributed by atoms with Crippen molar-refractivity contribution in [3.8, 4) is 0 Å². The predicted molar refractivity (Wildman–Crippen MR) is 117 cm³/mol. The predicted octanol–water partition coefficient (Wildman–Crippen LogP) is 4.51. The Morgan fingerprint density at radius 2 is 1.83 bits per heavy atom. The van der Waals surface area contributed by atoms with Crippen molar-refractivity contribution in [2.75, 3.05) is 18.4 Å². The number of urea groups is 1. The molecule has 1 aliphatic rings. The number of aryl methyl sites for hydroxylation is 2. The molecule has 5 heteroatoms. The fourth-order valence-electron chi connectivity index (χ4n) is 3.82. The molecule has 1 aliphatic heterocycles. The van der Waals surface area contributed by atoms with Gasteiger partial charge >= 0.3 is 6.03 Å². The third-order valence-corrected chi connectivity index (χ3v) is 5.85. The molecule has 3 rings (SSSR count). The highest BCUT2D eigenvalue weighted by Gasteiger charge is 2.39. The van der Waals surface area contributed by atoms with Crippen molar-refractivity contribution in [3.63, 3.8) is 0 Å². The summed E-state index contributed by atoms with van der Waals surface area (Å²) in [5, 5.41) is 6.03. The summed E-state index contributed by atoms with van der Waals surface area (Å²) in [4.78, 5) is 27.4. The van der Waals surface area contributed by atoms with Crippen LogP contribution in [-0.4, -0.2) is 29.9 Å². The molecular weight excluding hydrogens is 362 g/mol. The maximum Gasteiger partial charge on any atom is 0.321 e. The van der Waals surface area contributed by atoms with Crippen LogP contribution in [0.4, 0.5) is 10.5 Å². The van der Waals surface area contributed by atoms with Crippen molar-refractivity contribution in [1.29, 1.82) is 0 Å². The minimum atomic E-state index is -0.579. The van der Waals surface area contributed by atoms with Gasteiger partial charge in [0.1, 0.15) is 0 Å². The minimum absolute atomic E-state index is 0.00514. The SMILES string of the molecule is CCc1ccc(NC(=O)N2CCC[C@](C)(C(=O)NCc3ccccc3C)C2)cc1. The van der Waals surface area contributed by atoms with E-state index >= 15 is 0 Å². The molecule has 29 heavy (non-hydrogen) atoms. The molecule has 1 atom stereocenters. The molecule has 0 radical (unpaired) electrons. The highest BCUT2D eigenvalue weighted by atomic mass is 16.2. The molecule has 3 amide bonds. The zero-order valence-electron chi connectivity index (χ0n) is 17.6. The van der Waals surface area contributed by atoms with Crippen molar-refractivity contribution in [2.24, 2.45) is 5.41 Å². The van der Waals surface area contributed by atoms with Crippen LogP contribution in [0.1, 0.15) is 43.4 Å². The number of hydrogen-bond acceptors (Lipinski definition) is 2. The Morgan fingerprint density at radius 3 is 2.52 bits per heavy atom.